The van der Waals surface area contributed by atoms with Gasteiger partial charge < -0.3 is 35.2 Å². The molecule has 1 saturated carbocycles. The van der Waals surface area contributed by atoms with Crippen LogP contribution in [0.1, 0.15) is 24.0 Å². The fourth-order valence-corrected chi connectivity index (χ4v) is 5.17. The summed E-state index contributed by atoms with van der Waals surface area (Å²) in [6.45, 7) is 0. The Hall–Kier alpha value is -4.16. The van der Waals surface area contributed by atoms with E-state index in [1.54, 1.807) is 0 Å². The van der Waals surface area contributed by atoms with Crippen LogP contribution in [0.4, 0.5) is 0 Å². The van der Waals surface area contributed by atoms with Gasteiger partial charge in [0.25, 0.3) is 0 Å². The summed E-state index contributed by atoms with van der Waals surface area (Å²) in [7, 11) is 0. The molecule has 1 aromatic rings. The number of carboxylic acids is 1. The molecule has 4 aliphatic rings. The van der Waals surface area contributed by atoms with Crippen LogP contribution in [0.25, 0.3) is 5.76 Å². The normalized spacial score (nSPS) is 29.3. The van der Waals surface area contributed by atoms with Crippen molar-refractivity contribution in [2.45, 2.75) is 31.0 Å². The van der Waals surface area contributed by atoms with Gasteiger partial charge in [-0.15, -0.1) is 0 Å². The molecule has 1 fully saturated rings. The van der Waals surface area contributed by atoms with E-state index in [9.17, 15) is 44.7 Å². The van der Waals surface area contributed by atoms with Gasteiger partial charge in [-0.25, -0.2) is 9.59 Å². The van der Waals surface area contributed by atoms with Gasteiger partial charge in [-0.1, -0.05) is 0 Å². The van der Waals surface area contributed by atoms with Crippen molar-refractivity contribution in [3.05, 3.63) is 52.5 Å². The zero-order chi connectivity index (χ0) is 25.2. The minimum atomic E-state index is -2.73. The van der Waals surface area contributed by atoms with E-state index < -0.39 is 76.3 Å². The maximum absolute atomic E-state index is 13.4. The Balaban J connectivity index is 1.60. The first-order valence-corrected chi connectivity index (χ1v) is 10.5. The third-order valence-electron chi connectivity index (χ3n) is 6.78. The third-order valence-corrected chi connectivity index (χ3v) is 6.78. The topological polar surface area (TPSA) is 197 Å². The number of aliphatic hydroxyl groups is 3. The highest BCUT2D eigenvalue weighted by Crippen LogP contribution is 2.53. The molecule has 5 N–H and O–H groups in total. The zero-order valence-electron chi connectivity index (χ0n) is 17.8. The molecule has 0 bridgehead atoms. The molecule has 0 radical (unpaired) electrons. The number of fused-ring (bicyclic) bond motifs is 3. The summed E-state index contributed by atoms with van der Waals surface area (Å²) in [6, 6.07) is 2.42. The van der Waals surface area contributed by atoms with Gasteiger partial charge in [-0.2, -0.15) is 4.89 Å². The number of ether oxygens (including phenoxy) is 1. The molecule has 12 heteroatoms. The average Bonchev–Trinajstić information content (AvgIpc) is 3.33. The highest BCUT2D eigenvalue weighted by Gasteiger charge is 2.60. The van der Waals surface area contributed by atoms with E-state index >= 15 is 0 Å². The van der Waals surface area contributed by atoms with Crippen LogP contribution in [-0.2, 0) is 35.4 Å². The van der Waals surface area contributed by atoms with Crippen molar-refractivity contribution in [2.24, 2.45) is 11.8 Å². The van der Waals surface area contributed by atoms with E-state index in [0.717, 1.165) is 12.3 Å². The predicted octanol–water partition coefficient (Wildman–Crippen LogP) is 0.773. The van der Waals surface area contributed by atoms with Gasteiger partial charge in [-0.3, -0.25) is 9.59 Å². The van der Waals surface area contributed by atoms with Crippen molar-refractivity contribution in [3.8, 4) is 11.5 Å². The number of phenolic OH excluding ortho intramolecular Hbond substituents is 1. The lowest BCUT2D eigenvalue weighted by Crippen LogP contribution is -2.58. The molecule has 1 unspecified atom stereocenters. The molecule has 1 heterocycles. The van der Waals surface area contributed by atoms with E-state index in [4.69, 9.17) is 9.62 Å². The molecule has 5 rings (SSSR count). The molecule has 35 heavy (non-hydrogen) atoms. The zero-order valence-corrected chi connectivity index (χ0v) is 17.8. The quantitative estimate of drug-likeness (QED) is 0.174. The molecule has 4 atom stereocenters. The highest BCUT2D eigenvalue weighted by atomic mass is 17.2. The number of benzene rings is 1. The number of ketones is 2. The smallest absolute Gasteiger partial charge is 0.349 e. The summed E-state index contributed by atoms with van der Waals surface area (Å²) in [5.74, 6) is -9.18. The van der Waals surface area contributed by atoms with E-state index in [0.29, 0.717) is 0 Å². The Morgan fingerprint density at radius 1 is 1.11 bits per heavy atom. The molecule has 0 spiro atoms. The number of hydrogen-bond donors (Lipinski definition) is 5. The Labute approximate surface area is 195 Å². The first-order valence-electron chi connectivity index (χ1n) is 10.5. The summed E-state index contributed by atoms with van der Waals surface area (Å²) in [4.78, 5) is 58.8. The molecule has 12 nitrogen and oxygen atoms in total. The molecule has 0 amide bonds. The fraction of sp³-hybridized carbons (Fsp3) is 0.304. The van der Waals surface area contributed by atoms with Crippen LogP contribution in [0.15, 0.2) is 41.4 Å². The van der Waals surface area contributed by atoms with Gasteiger partial charge >= 0.3 is 11.9 Å². The van der Waals surface area contributed by atoms with Crippen LogP contribution in [0.3, 0.4) is 0 Å². The number of aromatic hydroxyl groups is 1. The number of aliphatic hydroxyl groups excluding tert-OH is 2. The largest absolute Gasteiger partial charge is 0.508 e. The van der Waals surface area contributed by atoms with Crippen molar-refractivity contribution in [3.63, 3.8) is 0 Å². The van der Waals surface area contributed by atoms with Crippen molar-refractivity contribution < 1.29 is 59.2 Å². The Morgan fingerprint density at radius 2 is 1.86 bits per heavy atom. The minimum absolute atomic E-state index is 0.0267. The maximum Gasteiger partial charge on any atom is 0.349 e. The molecular formula is C23H18O12. The van der Waals surface area contributed by atoms with Crippen molar-refractivity contribution in [2.75, 3.05) is 0 Å². The number of aliphatic carboxylic acids is 1. The monoisotopic (exact) mass is 486 g/mol. The first kappa shape index (κ1) is 22.6. The molecule has 182 valence electrons. The fourth-order valence-electron chi connectivity index (χ4n) is 5.17. The molecule has 1 aliphatic heterocycles. The number of hydrogen-bond acceptors (Lipinski definition) is 11. The summed E-state index contributed by atoms with van der Waals surface area (Å²) in [6.07, 6.45) is 0.677. The van der Waals surface area contributed by atoms with Crippen LogP contribution in [0.2, 0.25) is 0 Å². The minimum Gasteiger partial charge on any atom is -0.508 e. The summed E-state index contributed by atoms with van der Waals surface area (Å²) >= 11 is 0. The number of carboxylic acid groups (broad SMARTS) is 1. The van der Waals surface area contributed by atoms with Gasteiger partial charge in [0.15, 0.2) is 17.1 Å². The van der Waals surface area contributed by atoms with E-state index in [1.165, 1.54) is 12.1 Å². The average molecular weight is 486 g/mol. The molecule has 1 aromatic carbocycles. The number of Topliss-reactive ketones (excluding diaryl/α,β-unsaturated/α-hetero) is 2. The van der Waals surface area contributed by atoms with Crippen molar-refractivity contribution >= 4 is 29.3 Å². The van der Waals surface area contributed by atoms with E-state index in [-0.39, 0.29) is 35.3 Å². The van der Waals surface area contributed by atoms with E-state index in [2.05, 4.69) is 4.89 Å². The van der Waals surface area contributed by atoms with Gasteiger partial charge in [-0.05, 0) is 37.0 Å². The maximum atomic E-state index is 13.4. The van der Waals surface area contributed by atoms with Gasteiger partial charge in [0.1, 0.15) is 29.1 Å². The number of carbonyl (C=O) groups is 4. The summed E-state index contributed by atoms with van der Waals surface area (Å²) in [5.41, 5.74) is -4.18. The van der Waals surface area contributed by atoms with Crippen molar-refractivity contribution in [1.29, 1.82) is 0 Å². The SMILES string of the molecule is O=C(O)C1=C(O)[C@@]2(O)C(=O)C3=C(O)c4c(O)ccc(OC(=O)C5C=COO5)c4C[C@H]3C[C@H]2CC1=O. The van der Waals surface area contributed by atoms with Crippen molar-refractivity contribution in [1.82, 2.24) is 0 Å². The van der Waals surface area contributed by atoms with Crippen LogP contribution in [-0.4, -0.2) is 60.7 Å². The van der Waals surface area contributed by atoms with Crippen LogP contribution >= 0.6 is 0 Å². The lowest BCUT2D eigenvalue weighted by Gasteiger charge is -2.46. The molecule has 3 aliphatic carbocycles. The highest BCUT2D eigenvalue weighted by molar-refractivity contribution is 6.21. The van der Waals surface area contributed by atoms with Gasteiger partial charge in [0.2, 0.25) is 11.9 Å². The van der Waals surface area contributed by atoms with Crippen LogP contribution in [0, 0.1) is 11.8 Å². The van der Waals surface area contributed by atoms with Crippen LogP contribution in [0.5, 0.6) is 11.5 Å². The number of esters is 1. The second kappa shape index (κ2) is 7.68. The first-order chi connectivity index (χ1) is 16.6. The Morgan fingerprint density at radius 3 is 2.51 bits per heavy atom. The third kappa shape index (κ3) is 3.14. The Bertz CT molecular complexity index is 1300. The second-order valence-electron chi connectivity index (χ2n) is 8.65. The van der Waals surface area contributed by atoms with E-state index in [1.807, 2.05) is 0 Å². The lowest BCUT2D eigenvalue weighted by atomic mass is 9.59. The predicted molar refractivity (Wildman–Crippen MR) is 111 cm³/mol. The standard InChI is InChI=1S/C23H18O12/c24-11-1-2-13(34-22(31)14-3-4-33-35-14)10-6-8-5-9-7-12(25)17(21(29)30)20(28)23(9,32)19(27)15(8)18(26)16(10)11/h1-4,8-9,14,24,26,28,32H,5-7H2,(H,29,30)/t8-,9+,14?,23+/m1/s1. The number of phenols is 1. The van der Waals surface area contributed by atoms with Crippen LogP contribution < -0.4 is 4.74 Å². The molecule has 0 saturated heterocycles. The molecule has 0 aromatic heterocycles. The number of rotatable bonds is 3. The second-order valence-corrected chi connectivity index (χ2v) is 8.65. The molecular weight excluding hydrogens is 468 g/mol. The summed E-state index contributed by atoms with van der Waals surface area (Å²) < 4.78 is 5.37. The Kier molecular flexibility index (Phi) is 4.97. The van der Waals surface area contributed by atoms with Gasteiger partial charge in [0.05, 0.1) is 5.56 Å². The lowest BCUT2D eigenvalue weighted by molar-refractivity contribution is -0.251. The number of carbonyl (C=O) groups excluding carboxylic acids is 3. The summed E-state index contributed by atoms with van der Waals surface area (Å²) in [5, 5.41) is 52.3. The van der Waals surface area contributed by atoms with Gasteiger partial charge in [0, 0.05) is 23.5 Å².